The van der Waals surface area contributed by atoms with Gasteiger partial charge in [-0.3, -0.25) is 9.69 Å². The predicted molar refractivity (Wildman–Crippen MR) is 130 cm³/mol. The molecule has 0 aromatic heterocycles. The number of anilines is 2. The van der Waals surface area contributed by atoms with Gasteiger partial charge < -0.3 is 10.2 Å². The molecule has 0 radical (unpaired) electrons. The van der Waals surface area contributed by atoms with Crippen LogP contribution in [0, 0.1) is 13.8 Å². The van der Waals surface area contributed by atoms with Crippen molar-refractivity contribution in [3.05, 3.63) is 95.1 Å². The number of hydrogen-bond donors (Lipinski definition) is 1. The summed E-state index contributed by atoms with van der Waals surface area (Å²) in [5, 5.41) is 3.00. The molecule has 5 rings (SSSR count). The van der Waals surface area contributed by atoms with E-state index < -0.39 is 4.87 Å². The minimum Gasteiger partial charge on any atom is -0.308 e. The van der Waals surface area contributed by atoms with Crippen LogP contribution in [-0.2, 0) is 16.2 Å². The zero-order valence-electron chi connectivity index (χ0n) is 18.2. The molecule has 3 aromatic rings. The second-order valence-electron chi connectivity index (χ2n) is 8.34. The van der Waals surface area contributed by atoms with Gasteiger partial charge in [-0.15, -0.1) is 11.8 Å². The fourth-order valence-electron chi connectivity index (χ4n) is 4.63. The third-order valence-electron chi connectivity index (χ3n) is 6.04. The van der Waals surface area contributed by atoms with Crippen molar-refractivity contribution < 1.29 is 9.59 Å². The summed E-state index contributed by atoms with van der Waals surface area (Å²) in [7, 11) is 0. The van der Waals surface area contributed by atoms with E-state index in [2.05, 4.69) is 24.4 Å². The summed E-state index contributed by atoms with van der Waals surface area (Å²) in [4.78, 5) is 29.9. The number of aryl methyl sites for hydroxylation is 2. The molecule has 2 aliphatic heterocycles. The first kappa shape index (κ1) is 20.6. The summed E-state index contributed by atoms with van der Waals surface area (Å²) in [6.45, 7) is 5.03. The van der Waals surface area contributed by atoms with Gasteiger partial charge in [0.1, 0.15) is 0 Å². The normalized spacial score (nSPS) is 19.5. The number of hydrogen-bond acceptors (Lipinski definition) is 3. The Morgan fingerprint density at radius 2 is 1.75 bits per heavy atom. The van der Waals surface area contributed by atoms with Gasteiger partial charge in [0.15, 0.2) is 4.87 Å². The topological polar surface area (TPSA) is 52.7 Å². The molecule has 1 spiro atoms. The van der Waals surface area contributed by atoms with Gasteiger partial charge in [0, 0.05) is 23.5 Å². The zero-order chi connectivity index (χ0) is 22.3. The van der Waals surface area contributed by atoms with E-state index in [1.165, 1.54) is 0 Å². The molecule has 0 unspecified atom stereocenters. The van der Waals surface area contributed by atoms with E-state index in [1.807, 2.05) is 72.5 Å². The van der Waals surface area contributed by atoms with Crippen LogP contribution in [0.4, 0.5) is 16.2 Å². The summed E-state index contributed by atoms with van der Waals surface area (Å²) in [5.74, 6) is 0.654. The summed E-state index contributed by atoms with van der Waals surface area (Å²) < 4.78 is 0. The Balaban J connectivity index is 1.51. The number of rotatable bonds is 3. The average Bonchev–Trinajstić information content (AvgIpc) is 3.31. The van der Waals surface area contributed by atoms with E-state index >= 15 is 0 Å². The summed E-state index contributed by atoms with van der Waals surface area (Å²) in [5.41, 5.74) is 5.80. The molecular formula is C26H25N3O2S. The Morgan fingerprint density at radius 3 is 2.53 bits per heavy atom. The fourth-order valence-corrected chi connectivity index (χ4v) is 6.09. The molecule has 162 valence electrons. The molecule has 0 saturated carbocycles. The van der Waals surface area contributed by atoms with Crippen molar-refractivity contribution in [2.24, 2.45) is 0 Å². The number of urea groups is 1. The van der Waals surface area contributed by atoms with Crippen LogP contribution < -0.4 is 10.2 Å². The lowest BCUT2D eigenvalue weighted by atomic mass is 10.1. The summed E-state index contributed by atoms with van der Waals surface area (Å²) in [6.07, 6.45) is 0. The minimum atomic E-state index is -1.03. The summed E-state index contributed by atoms with van der Waals surface area (Å²) >= 11 is 1.54. The lowest BCUT2D eigenvalue weighted by molar-refractivity contribution is -0.123. The molecule has 6 heteroatoms. The van der Waals surface area contributed by atoms with Crippen LogP contribution >= 0.6 is 11.8 Å². The van der Waals surface area contributed by atoms with Crippen molar-refractivity contribution in [1.82, 2.24) is 4.90 Å². The van der Waals surface area contributed by atoms with Crippen molar-refractivity contribution >= 4 is 35.1 Å². The third-order valence-corrected chi connectivity index (χ3v) is 7.46. The molecule has 1 N–H and O–H groups in total. The third kappa shape index (κ3) is 3.35. The molecule has 3 amide bonds. The van der Waals surface area contributed by atoms with Crippen LogP contribution in [0.15, 0.2) is 72.8 Å². The minimum absolute atomic E-state index is 0.0536. The van der Waals surface area contributed by atoms with Crippen LogP contribution in [0.2, 0.25) is 0 Å². The van der Waals surface area contributed by atoms with E-state index in [0.717, 1.165) is 33.6 Å². The average molecular weight is 444 g/mol. The quantitative estimate of drug-likeness (QED) is 0.599. The molecule has 1 saturated heterocycles. The Hall–Kier alpha value is -3.25. The number of para-hydroxylation sites is 1. The van der Waals surface area contributed by atoms with E-state index in [0.29, 0.717) is 18.8 Å². The van der Waals surface area contributed by atoms with Crippen molar-refractivity contribution in [2.45, 2.75) is 25.3 Å². The second kappa shape index (κ2) is 8.02. The van der Waals surface area contributed by atoms with Crippen molar-refractivity contribution in [3.63, 3.8) is 0 Å². The van der Waals surface area contributed by atoms with Gasteiger partial charge in [-0.2, -0.15) is 0 Å². The molecule has 3 aromatic carbocycles. The molecule has 1 fully saturated rings. The van der Waals surface area contributed by atoms with Gasteiger partial charge >= 0.3 is 6.03 Å². The van der Waals surface area contributed by atoms with Crippen molar-refractivity contribution in [3.8, 4) is 0 Å². The van der Waals surface area contributed by atoms with Gasteiger partial charge in [0.2, 0.25) is 0 Å². The maximum atomic E-state index is 14.0. The fraction of sp³-hybridized carbons (Fsp3) is 0.231. The lowest BCUT2D eigenvalue weighted by Crippen LogP contribution is -2.51. The van der Waals surface area contributed by atoms with Gasteiger partial charge in [0.05, 0.1) is 12.2 Å². The largest absolute Gasteiger partial charge is 0.323 e. The highest BCUT2D eigenvalue weighted by atomic mass is 32.2. The number of carbonyl (C=O) groups excluding carboxylic acids is 2. The Kier molecular flexibility index (Phi) is 5.18. The molecule has 2 aliphatic rings. The van der Waals surface area contributed by atoms with Crippen LogP contribution in [0.3, 0.4) is 0 Å². The summed E-state index contributed by atoms with van der Waals surface area (Å²) in [6, 6.07) is 23.5. The molecule has 1 atom stereocenters. The predicted octanol–water partition coefficient (Wildman–Crippen LogP) is 5.28. The molecule has 32 heavy (non-hydrogen) atoms. The van der Waals surface area contributed by atoms with E-state index in [1.54, 1.807) is 16.7 Å². The second-order valence-corrected chi connectivity index (χ2v) is 9.63. The van der Waals surface area contributed by atoms with Crippen LogP contribution in [-0.4, -0.2) is 29.1 Å². The number of carbonyl (C=O) groups is 2. The number of fused-ring (bicyclic) bond motifs is 2. The van der Waals surface area contributed by atoms with Gasteiger partial charge in [-0.05, 0) is 43.2 Å². The lowest BCUT2D eigenvalue weighted by Gasteiger charge is -2.33. The number of thioether (sulfide) groups is 1. The highest BCUT2D eigenvalue weighted by Gasteiger charge is 2.59. The maximum Gasteiger partial charge on any atom is 0.323 e. The maximum absolute atomic E-state index is 14.0. The SMILES string of the molecule is Cc1cccc(CN2C(=O)[C@]3(SCCN3C(=O)Nc3cccc(C)c3)c3ccccc32)c1. The zero-order valence-corrected chi connectivity index (χ0v) is 19.0. The first-order valence-electron chi connectivity index (χ1n) is 10.8. The molecule has 0 bridgehead atoms. The van der Waals surface area contributed by atoms with Crippen LogP contribution in [0.5, 0.6) is 0 Å². The number of benzene rings is 3. The monoisotopic (exact) mass is 443 g/mol. The van der Waals surface area contributed by atoms with Gasteiger partial charge in [0.25, 0.3) is 5.91 Å². The highest BCUT2D eigenvalue weighted by Crippen LogP contribution is 2.54. The Labute approximate surface area is 192 Å². The van der Waals surface area contributed by atoms with E-state index in [-0.39, 0.29) is 11.9 Å². The van der Waals surface area contributed by atoms with Gasteiger partial charge in [-0.1, -0.05) is 60.2 Å². The molecule has 0 aliphatic carbocycles. The Morgan fingerprint density at radius 1 is 1.00 bits per heavy atom. The molecular weight excluding hydrogens is 418 g/mol. The van der Waals surface area contributed by atoms with E-state index in [9.17, 15) is 9.59 Å². The molecule has 5 nitrogen and oxygen atoms in total. The van der Waals surface area contributed by atoms with Crippen LogP contribution in [0.25, 0.3) is 0 Å². The number of amides is 3. The van der Waals surface area contributed by atoms with Gasteiger partial charge in [-0.25, -0.2) is 4.79 Å². The van der Waals surface area contributed by atoms with E-state index in [4.69, 9.17) is 0 Å². The first-order valence-corrected chi connectivity index (χ1v) is 11.7. The standard InChI is InChI=1S/C26H25N3O2S/c1-18-7-5-9-20(15-18)17-28-23-12-4-3-11-22(23)26(24(28)30)29(13-14-32-26)25(31)27-21-10-6-8-19(2)16-21/h3-12,15-16H,13-14,17H2,1-2H3,(H,27,31)/t26-/m1/s1. The molecule has 2 heterocycles. The van der Waals surface area contributed by atoms with Crippen LogP contribution in [0.1, 0.15) is 22.3 Å². The highest BCUT2D eigenvalue weighted by molar-refractivity contribution is 8.01. The number of nitrogens with zero attached hydrogens (tertiary/aromatic N) is 2. The Bertz CT molecular complexity index is 1210. The van der Waals surface area contributed by atoms with Crippen molar-refractivity contribution in [2.75, 3.05) is 22.5 Å². The number of nitrogens with one attached hydrogen (secondary N) is 1. The van der Waals surface area contributed by atoms with Crippen molar-refractivity contribution in [1.29, 1.82) is 0 Å². The smallest absolute Gasteiger partial charge is 0.308 e. The first-order chi connectivity index (χ1) is 15.5.